The third-order valence-corrected chi connectivity index (χ3v) is 12.3. The number of rotatable bonds is 8. The fraction of sp³-hybridized carbons (Fsp3) is 0.649. The molecule has 3 heterocycles. The van der Waals surface area contributed by atoms with Gasteiger partial charge in [-0.2, -0.15) is 0 Å². The minimum atomic E-state index is -1.32. The van der Waals surface area contributed by atoms with Crippen LogP contribution in [0.3, 0.4) is 0 Å². The molecule has 0 amide bonds. The number of fused-ring (bicyclic) bond motifs is 4. The van der Waals surface area contributed by atoms with Crippen LogP contribution in [0.25, 0.3) is 11.3 Å². The summed E-state index contributed by atoms with van der Waals surface area (Å²) in [6.45, 7) is 5.93. The van der Waals surface area contributed by atoms with Crippen molar-refractivity contribution >= 4 is 17.9 Å². The molecule has 0 radical (unpaired) electrons. The van der Waals surface area contributed by atoms with E-state index in [4.69, 9.17) is 23.4 Å². The number of hydrogen-bond acceptors (Lipinski definition) is 11. The number of carbonyl (C=O) groups excluding carboxylic acids is 3. The molecule has 5 saturated carbocycles. The average Bonchev–Trinajstić information content (AvgIpc) is 3.89. The van der Waals surface area contributed by atoms with Crippen LogP contribution < -0.4 is 10.4 Å². The minimum Gasteiger partial charge on any atom is -0.482 e. The summed E-state index contributed by atoms with van der Waals surface area (Å²) in [7, 11) is 0. The summed E-state index contributed by atoms with van der Waals surface area (Å²) in [6.07, 6.45) is 6.52. The van der Waals surface area contributed by atoms with E-state index in [9.17, 15) is 24.3 Å². The van der Waals surface area contributed by atoms with Crippen molar-refractivity contribution in [3.63, 3.8) is 0 Å². The molecule has 11 nitrogen and oxygen atoms in total. The second-order valence-electron chi connectivity index (χ2n) is 15.7. The highest BCUT2D eigenvalue weighted by molar-refractivity contribution is 5.76. The zero-order valence-electron chi connectivity index (χ0n) is 27.6. The molecule has 1 aliphatic heterocycles. The topological polar surface area (TPSA) is 151 Å². The standard InChI is InChI=1S/C37H43NO10/c1-35-13-12-26(46-32(41)20-8-9-20)36(2,18-44-31(40)19-6-7-19)25(35)16-27(47-33(42)21-10-11-21)37(3)30(35)29(39)28-24(48-37)15-23(45-34(28)43)22-5-4-14-38-17-22/h4-5,14-15,17,19-21,25-27,29-30,39H,6-13,16,18H2,1-3H3/t25?,26-,27-,29?,30?,35-,36+,37+/m0/s1. The number of aliphatic hydroxyl groups excluding tert-OH is 1. The lowest BCUT2D eigenvalue weighted by atomic mass is 9.42. The second kappa shape index (κ2) is 11.1. The number of pyridine rings is 1. The lowest BCUT2D eigenvalue weighted by molar-refractivity contribution is -0.272. The van der Waals surface area contributed by atoms with Crippen LogP contribution in [0.1, 0.15) is 90.2 Å². The summed E-state index contributed by atoms with van der Waals surface area (Å²) < 4.78 is 31.1. The molecule has 3 unspecified atom stereocenters. The molecule has 0 bridgehead atoms. The Labute approximate surface area is 278 Å². The van der Waals surface area contributed by atoms with Crippen molar-refractivity contribution in [1.82, 2.24) is 4.98 Å². The number of aromatic nitrogens is 1. The molecule has 1 N–H and O–H groups in total. The molecule has 8 rings (SSSR count). The predicted octanol–water partition coefficient (Wildman–Crippen LogP) is 4.93. The first kappa shape index (κ1) is 31.5. The molecule has 2 aromatic rings. The van der Waals surface area contributed by atoms with Crippen LogP contribution in [0.5, 0.6) is 5.75 Å². The summed E-state index contributed by atoms with van der Waals surface area (Å²) in [4.78, 5) is 57.1. The predicted molar refractivity (Wildman–Crippen MR) is 168 cm³/mol. The summed E-state index contributed by atoms with van der Waals surface area (Å²) in [6, 6.07) is 5.09. The molecule has 5 aliphatic carbocycles. The molecular weight excluding hydrogens is 618 g/mol. The molecule has 256 valence electrons. The molecule has 0 aromatic carbocycles. The van der Waals surface area contributed by atoms with E-state index >= 15 is 0 Å². The van der Waals surface area contributed by atoms with Gasteiger partial charge in [-0.3, -0.25) is 19.4 Å². The van der Waals surface area contributed by atoms with Gasteiger partial charge in [-0.05, 0) is 88.2 Å². The maximum absolute atomic E-state index is 13.7. The molecule has 8 atom stereocenters. The molecule has 6 aliphatic rings. The van der Waals surface area contributed by atoms with Gasteiger partial charge in [-0.15, -0.1) is 0 Å². The van der Waals surface area contributed by atoms with Crippen molar-refractivity contribution in [3.8, 4) is 17.1 Å². The first-order chi connectivity index (χ1) is 22.9. The van der Waals surface area contributed by atoms with E-state index in [0.29, 0.717) is 24.8 Å². The van der Waals surface area contributed by atoms with Crippen LogP contribution in [0, 0.1) is 40.4 Å². The first-order valence-corrected chi connectivity index (χ1v) is 17.5. The summed E-state index contributed by atoms with van der Waals surface area (Å²) in [5.74, 6) is -1.87. The van der Waals surface area contributed by atoms with E-state index in [-0.39, 0.29) is 65.3 Å². The van der Waals surface area contributed by atoms with Crippen molar-refractivity contribution in [2.75, 3.05) is 6.61 Å². The van der Waals surface area contributed by atoms with E-state index < -0.39 is 46.3 Å². The van der Waals surface area contributed by atoms with Crippen molar-refractivity contribution in [2.45, 2.75) is 102 Å². The zero-order chi connectivity index (χ0) is 33.6. The minimum absolute atomic E-state index is 0.0160. The first-order valence-electron chi connectivity index (χ1n) is 17.5. The van der Waals surface area contributed by atoms with Gasteiger partial charge in [-0.1, -0.05) is 13.8 Å². The Hall–Kier alpha value is -3.73. The van der Waals surface area contributed by atoms with E-state index in [1.165, 1.54) is 0 Å². The number of nitrogens with zero attached hydrogens (tertiary/aromatic N) is 1. The fourth-order valence-electron chi connectivity index (χ4n) is 9.15. The highest BCUT2D eigenvalue weighted by Gasteiger charge is 2.71. The molecule has 11 heteroatoms. The average molecular weight is 662 g/mol. The Morgan fingerprint density at radius 3 is 2.21 bits per heavy atom. The number of esters is 3. The number of carbonyl (C=O) groups is 3. The lowest BCUT2D eigenvalue weighted by Gasteiger charge is -2.66. The van der Waals surface area contributed by atoms with E-state index in [0.717, 1.165) is 38.5 Å². The highest BCUT2D eigenvalue weighted by Crippen LogP contribution is 2.68. The van der Waals surface area contributed by atoms with Crippen LogP contribution in [0.2, 0.25) is 0 Å². The van der Waals surface area contributed by atoms with Crippen LogP contribution >= 0.6 is 0 Å². The number of ether oxygens (including phenoxy) is 4. The molecular formula is C37H43NO10. The maximum Gasteiger partial charge on any atom is 0.345 e. The van der Waals surface area contributed by atoms with Crippen molar-refractivity contribution < 1.29 is 42.9 Å². The second-order valence-corrected chi connectivity index (χ2v) is 15.7. The monoisotopic (exact) mass is 661 g/mol. The third kappa shape index (κ3) is 5.15. The van der Waals surface area contributed by atoms with Crippen molar-refractivity contribution in [2.24, 2.45) is 40.4 Å². The lowest BCUT2D eigenvalue weighted by Crippen LogP contribution is -2.71. The Balaban J connectivity index is 1.22. The number of hydrogen-bond donors (Lipinski definition) is 1. The van der Waals surface area contributed by atoms with E-state index in [2.05, 4.69) is 11.9 Å². The van der Waals surface area contributed by atoms with E-state index in [1.54, 1.807) is 30.6 Å². The summed E-state index contributed by atoms with van der Waals surface area (Å²) in [5, 5.41) is 12.3. The molecule has 0 saturated heterocycles. The Morgan fingerprint density at radius 1 is 0.938 bits per heavy atom. The Bertz CT molecular complexity index is 1700. The van der Waals surface area contributed by atoms with Crippen LogP contribution in [0.4, 0.5) is 0 Å². The smallest absolute Gasteiger partial charge is 0.345 e. The quantitative estimate of drug-likeness (QED) is 0.303. The zero-order valence-corrected chi connectivity index (χ0v) is 27.6. The largest absolute Gasteiger partial charge is 0.482 e. The van der Waals surface area contributed by atoms with Crippen LogP contribution in [-0.4, -0.2) is 52.4 Å². The van der Waals surface area contributed by atoms with Gasteiger partial charge in [0.2, 0.25) is 0 Å². The normalized spacial score (nSPS) is 36.8. The molecule has 5 fully saturated rings. The van der Waals surface area contributed by atoms with Crippen LogP contribution in [0.15, 0.2) is 39.8 Å². The van der Waals surface area contributed by atoms with Crippen LogP contribution in [-0.2, 0) is 28.6 Å². The summed E-state index contributed by atoms with van der Waals surface area (Å²) in [5.41, 5.74) is -2.94. The maximum atomic E-state index is 13.7. The Morgan fingerprint density at radius 2 is 1.58 bits per heavy atom. The van der Waals surface area contributed by atoms with E-state index in [1.807, 2.05) is 13.8 Å². The van der Waals surface area contributed by atoms with Gasteiger partial charge >= 0.3 is 23.5 Å². The Kier molecular flexibility index (Phi) is 7.32. The molecule has 2 aromatic heterocycles. The fourth-order valence-corrected chi connectivity index (χ4v) is 9.15. The number of aliphatic hydroxyl groups is 1. The van der Waals surface area contributed by atoms with Gasteiger partial charge in [0.15, 0.2) is 0 Å². The summed E-state index contributed by atoms with van der Waals surface area (Å²) >= 11 is 0. The highest BCUT2D eigenvalue weighted by atomic mass is 16.6. The van der Waals surface area contributed by atoms with Gasteiger partial charge in [-0.25, -0.2) is 4.79 Å². The van der Waals surface area contributed by atoms with Gasteiger partial charge in [0, 0.05) is 35.4 Å². The SMILES string of the molecule is C[C@]12CC[C@H](OC(=O)C3CC3)[C@](C)(COC(=O)C3CC3)C1C[C@H](OC(=O)C1CC1)[C@@]1(C)Oc3cc(-c4cccnc4)oc(=O)c3C(O)C21. The van der Waals surface area contributed by atoms with Crippen molar-refractivity contribution in [1.29, 1.82) is 0 Å². The third-order valence-electron chi connectivity index (χ3n) is 12.3. The van der Waals surface area contributed by atoms with Gasteiger partial charge < -0.3 is 28.5 Å². The molecule has 0 spiro atoms. The van der Waals surface area contributed by atoms with Gasteiger partial charge in [0.25, 0.3) is 0 Å². The van der Waals surface area contributed by atoms with Crippen molar-refractivity contribution in [3.05, 3.63) is 46.6 Å². The van der Waals surface area contributed by atoms with Gasteiger partial charge in [0.1, 0.15) is 41.5 Å². The molecule has 48 heavy (non-hydrogen) atoms. The van der Waals surface area contributed by atoms with Gasteiger partial charge in [0.05, 0.1) is 23.9 Å².